The predicted molar refractivity (Wildman–Crippen MR) is 147 cm³/mol. The Hall–Kier alpha value is -3.30. The van der Waals surface area contributed by atoms with Crippen LogP contribution in [0.25, 0.3) is 11.3 Å². The van der Waals surface area contributed by atoms with E-state index in [-0.39, 0.29) is 23.6 Å². The number of ether oxygens (including phenoxy) is 1. The number of carbonyl (C=O) groups is 1. The number of benzene rings is 1. The van der Waals surface area contributed by atoms with Crippen LogP contribution in [0.15, 0.2) is 42.7 Å². The Labute approximate surface area is 232 Å². The molecule has 6 nitrogen and oxygen atoms in total. The van der Waals surface area contributed by atoms with Crippen LogP contribution in [0.5, 0.6) is 0 Å². The van der Waals surface area contributed by atoms with Crippen LogP contribution in [0.1, 0.15) is 79.4 Å². The third-order valence-corrected chi connectivity index (χ3v) is 8.34. The average Bonchev–Trinajstić information content (AvgIpc) is 2.94. The molecule has 1 aromatic carbocycles. The normalized spacial score (nSPS) is 21.9. The monoisotopic (exact) mass is 552 g/mol. The summed E-state index contributed by atoms with van der Waals surface area (Å²) in [5, 5.41) is 2.84. The first-order chi connectivity index (χ1) is 19.2. The Bertz CT molecular complexity index is 1350. The fourth-order valence-corrected chi connectivity index (χ4v) is 6.09. The molecular weight excluding hydrogens is 517 g/mol. The SMILES string of the molecule is CC(C)[C@@H]1C[C@@H](N)C[C@H](c2ccncc2NC(=O)c2ccc(F)c(-c3c(F)cc(C4CCOCC4)cc3F)n2)C1. The molecule has 1 aliphatic heterocycles. The molecule has 3 atom stereocenters. The number of nitrogens with zero attached hydrogens (tertiary/aromatic N) is 2. The van der Waals surface area contributed by atoms with E-state index in [0.29, 0.717) is 49.1 Å². The molecule has 3 heterocycles. The van der Waals surface area contributed by atoms with Crippen molar-refractivity contribution in [3.05, 3.63) is 77.0 Å². The maximum Gasteiger partial charge on any atom is 0.274 e. The number of nitrogens with two attached hydrogens (primary N) is 1. The fraction of sp³-hybridized carbons (Fsp3) is 0.452. The first-order valence-electron chi connectivity index (χ1n) is 14.0. The van der Waals surface area contributed by atoms with Crippen LogP contribution in [0.3, 0.4) is 0 Å². The number of pyridine rings is 2. The van der Waals surface area contributed by atoms with Crippen molar-refractivity contribution in [3.63, 3.8) is 0 Å². The summed E-state index contributed by atoms with van der Waals surface area (Å²) in [6.07, 6.45) is 7.25. The van der Waals surface area contributed by atoms with Gasteiger partial charge in [-0.3, -0.25) is 9.78 Å². The minimum Gasteiger partial charge on any atom is -0.381 e. The molecular formula is C31H35F3N4O2. The number of rotatable bonds is 6. The van der Waals surface area contributed by atoms with Crippen LogP contribution in [-0.2, 0) is 4.74 Å². The van der Waals surface area contributed by atoms with Gasteiger partial charge in [-0.15, -0.1) is 0 Å². The highest BCUT2D eigenvalue weighted by Crippen LogP contribution is 2.41. The van der Waals surface area contributed by atoms with E-state index in [2.05, 4.69) is 29.1 Å². The van der Waals surface area contributed by atoms with Crippen molar-refractivity contribution in [2.24, 2.45) is 17.6 Å². The van der Waals surface area contributed by atoms with E-state index < -0.39 is 34.6 Å². The highest BCUT2D eigenvalue weighted by molar-refractivity contribution is 6.03. The molecule has 1 saturated carbocycles. The third kappa shape index (κ3) is 6.05. The van der Waals surface area contributed by atoms with Crippen LogP contribution in [0, 0.1) is 29.3 Å². The molecule has 5 rings (SSSR count). The summed E-state index contributed by atoms with van der Waals surface area (Å²) >= 11 is 0. The van der Waals surface area contributed by atoms with Gasteiger partial charge in [-0.05, 0) is 97.2 Å². The number of anilines is 1. The van der Waals surface area contributed by atoms with Gasteiger partial charge in [0.15, 0.2) is 0 Å². The molecule has 212 valence electrons. The van der Waals surface area contributed by atoms with Crippen molar-refractivity contribution in [1.29, 1.82) is 0 Å². The van der Waals surface area contributed by atoms with Gasteiger partial charge >= 0.3 is 0 Å². The summed E-state index contributed by atoms with van der Waals surface area (Å²) in [4.78, 5) is 21.5. The van der Waals surface area contributed by atoms with Crippen LogP contribution in [-0.4, -0.2) is 35.1 Å². The minimum atomic E-state index is -0.925. The average molecular weight is 553 g/mol. The Morgan fingerprint density at radius 2 is 1.73 bits per heavy atom. The molecule has 40 heavy (non-hydrogen) atoms. The largest absolute Gasteiger partial charge is 0.381 e. The maximum atomic E-state index is 15.2. The number of amides is 1. The van der Waals surface area contributed by atoms with Gasteiger partial charge in [0.1, 0.15) is 28.8 Å². The predicted octanol–water partition coefficient (Wildman–Crippen LogP) is 6.57. The highest BCUT2D eigenvalue weighted by Gasteiger charge is 2.31. The van der Waals surface area contributed by atoms with Crippen LogP contribution < -0.4 is 11.1 Å². The molecule has 2 aromatic heterocycles. The van der Waals surface area contributed by atoms with Crippen LogP contribution in [0.4, 0.5) is 18.9 Å². The Kier molecular flexibility index (Phi) is 8.51. The van der Waals surface area contributed by atoms with Gasteiger partial charge in [-0.1, -0.05) is 13.8 Å². The van der Waals surface area contributed by atoms with Gasteiger partial charge in [0, 0.05) is 25.5 Å². The first kappa shape index (κ1) is 28.2. The second-order valence-electron chi connectivity index (χ2n) is 11.4. The van der Waals surface area contributed by atoms with Crippen LogP contribution >= 0.6 is 0 Å². The Morgan fingerprint density at radius 3 is 2.42 bits per heavy atom. The minimum absolute atomic E-state index is 0.0371. The van der Waals surface area contributed by atoms with E-state index in [1.807, 2.05) is 6.07 Å². The molecule has 9 heteroatoms. The molecule has 1 saturated heterocycles. The van der Waals surface area contributed by atoms with Gasteiger partial charge in [0.05, 0.1) is 17.4 Å². The molecule has 3 N–H and O–H groups in total. The summed E-state index contributed by atoms with van der Waals surface area (Å²) in [5.74, 6) is -2.34. The first-order valence-corrected chi connectivity index (χ1v) is 14.0. The zero-order valence-corrected chi connectivity index (χ0v) is 22.8. The quantitative estimate of drug-likeness (QED) is 0.361. The number of carbonyl (C=O) groups excluding carboxylic acids is 1. The number of halogens is 3. The summed E-state index contributed by atoms with van der Waals surface area (Å²) in [6.45, 7) is 5.43. The Balaban J connectivity index is 1.41. The van der Waals surface area contributed by atoms with E-state index in [0.717, 1.165) is 30.9 Å². The standard InChI is InChI=1S/C31H35F3N4O2/c1-17(2)19-11-21(13-22(35)12-19)23-5-8-36-16-28(23)38-31(39)27-4-3-24(32)30(37-27)29-25(33)14-20(15-26(29)34)18-6-9-40-10-7-18/h3-5,8,14-19,21-22H,6-7,9-13,35H2,1-2H3,(H,38,39)/t19-,21+,22+/m0/s1. The van der Waals surface area contributed by atoms with Crippen molar-refractivity contribution in [2.45, 2.75) is 63.8 Å². The van der Waals surface area contributed by atoms with Crippen LogP contribution in [0.2, 0.25) is 0 Å². The van der Waals surface area contributed by atoms with Gasteiger partial charge in [-0.2, -0.15) is 0 Å². The van der Waals surface area contributed by atoms with E-state index in [9.17, 15) is 9.18 Å². The molecule has 0 radical (unpaired) electrons. The van der Waals surface area contributed by atoms with Crippen molar-refractivity contribution in [1.82, 2.24) is 9.97 Å². The van der Waals surface area contributed by atoms with E-state index in [1.165, 1.54) is 18.2 Å². The molecule has 2 aliphatic rings. The summed E-state index contributed by atoms with van der Waals surface area (Å²) in [6, 6.07) is 6.59. The molecule has 0 spiro atoms. The number of hydrogen-bond donors (Lipinski definition) is 2. The zero-order chi connectivity index (χ0) is 28.4. The lowest BCUT2D eigenvalue weighted by Crippen LogP contribution is -2.34. The van der Waals surface area contributed by atoms with Gasteiger partial charge in [-0.25, -0.2) is 18.2 Å². The topological polar surface area (TPSA) is 90.1 Å². The van der Waals surface area contributed by atoms with Gasteiger partial charge < -0.3 is 15.8 Å². The molecule has 0 unspecified atom stereocenters. The fourth-order valence-electron chi connectivity index (χ4n) is 6.09. The summed E-state index contributed by atoms with van der Waals surface area (Å²) in [7, 11) is 0. The van der Waals surface area contributed by atoms with E-state index in [4.69, 9.17) is 10.5 Å². The lowest BCUT2D eigenvalue weighted by atomic mass is 9.72. The summed E-state index contributed by atoms with van der Waals surface area (Å²) in [5.41, 5.74) is 7.01. The third-order valence-electron chi connectivity index (χ3n) is 8.34. The Morgan fingerprint density at radius 1 is 1.00 bits per heavy atom. The number of nitrogens with one attached hydrogen (secondary N) is 1. The summed E-state index contributed by atoms with van der Waals surface area (Å²) < 4.78 is 50.6. The molecule has 2 fully saturated rings. The number of aromatic nitrogens is 2. The van der Waals surface area contributed by atoms with Crippen molar-refractivity contribution >= 4 is 11.6 Å². The van der Waals surface area contributed by atoms with Crippen molar-refractivity contribution in [3.8, 4) is 11.3 Å². The van der Waals surface area contributed by atoms with Crippen molar-refractivity contribution < 1.29 is 22.7 Å². The molecule has 1 aliphatic carbocycles. The molecule has 3 aromatic rings. The second kappa shape index (κ2) is 12.1. The smallest absolute Gasteiger partial charge is 0.274 e. The maximum absolute atomic E-state index is 15.2. The second-order valence-corrected chi connectivity index (χ2v) is 11.4. The van der Waals surface area contributed by atoms with Crippen molar-refractivity contribution in [2.75, 3.05) is 18.5 Å². The van der Waals surface area contributed by atoms with E-state index in [1.54, 1.807) is 12.4 Å². The zero-order valence-electron chi connectivity index (χ0n) is 22.8. The highest BCUT2D eigenvalue weighted by atomic mass is 19.1. The lowest BCUT2D eigenvalue weighted by Gasteiger charge is -2.36. The molecule has 1 amide bonds. The van der Waals surface area contributed by atoms with Gasteiger partial charge in [0.2, 0.25) is 0 Å². The molecule has 0 bridgehead atoms. The number of hydrogen-bond acceptors (Lipinski definition) is 5. The van der Waals surface area contributed by atoms with Gasteiger partial charge in [0.25, 0.3) is 5.91 Å². The lowest BCUT2D eigenvalue weighted by molar-refractivity contribution is 0.0852. The van der Waals surface area contributed by atoms with E-state index >= 15 is 8.78 Å².